The van der Waals surface area contributed by atoms with E-state index in [-0.39, 0.29) is 23.0 Å². The van der Waals surface area contributed by atoms with Crippen molar-refractivity contribution >= 4 is 57.7 Å². The van der Waals surface area contributed by atoms with Gasteiger partial charge in [0.05, 0.1) is 11.3 Å². The first-order valence-electron chi connectivity index (χ1n) is 7.62. The fourth-order valence-electron chi connectivity index (χ4n) is 2.12. The lowest BCUT2D eigenvalue weighted by molar-refractivity contribution is -0.137. The van der Waals surface area contributed by atoms with Gasteiger partial charge < -0.3 is 16.4 Å². The number of hydrogen-bond acceptors (Lipinski definition) is 7. The molecule has 28 heavy (non-hydrogen) atoms. The van der Waals surface area contributed by atoms with Crippen LogP contribution in [0.25, 0.3) is 0 Å². The number of nitrogen functional groups attached to an aromatic ring is 1. The van der Waals surface area contributed by atoms with Crippen molar-refractivity contribution < 1.29 is 18.0 Å². The van der Waals surface area contributed by atoms with Crippen molar-refractivity contribution in [2.75, 3.05) is 22.6 Å². The summed E-state index contributed by atoms with van der Waals surface area (Å²) in [5.41, 5.74) is 4.90. The molecule has 0 saturated carbocycles. The van der Waals surface area contributed by atoms with Gasteiger partial charge in [-0.3, -0.25) is 4.79 Å². The summed E-state index contributed by atoms with van der Waals surface area (Å²) in [6.45, 7) is 1.48. The predicted octanol–water partition coefficient (Wildman–Crippen LogP) is 3.71. The van der Waals surface area contributed by atoms with E-state index in [9.17, 15) is 23.2 Å². The third-order valence-corrected chi connectivity index (χ3v) is 5.12. The zero-order valence-electron chi connectivity index (χ0n) is 14.6. The number of alkyl halides is 3. The summed E-state index contributed by atoms with van der Waals surface area (Å²) in [5.74, 6) is -0.615. The Morgan fingerprint density at radius 2 is 2.07 bits per heavy atom. The van der Waals surface area contributed by atoms with Crippen LogP contribution in [0.2, 0.25) is 0 Å². The fourth-order valence-corrected chi connectivity index (χ4v) is 3.12. The maximum absolute atomic E-state index is 12.9. The van der Waals surface area contributed by atoms with E-state index in [0.717, 1.165) is 12.1 Å². The van der Waals surface area contributed by atoms with Crippen LogP contribution in [0.1, 0.15) is 18.1 Å². The van der Waals surface area contributed by atoms with Gasteiger partial charge in [0.15, 0.2) is 5.82 Å². The number of aromatic nitrogens is 2. The van der Waals surface area contributed by atoms with Crippen molar-refractivity contribution in [3.8, 4) is 6.07 Å². The van der Waals surface area contributed by atoms with Crippen LogP contribution in [0.15, 0.2) is 23.2 Å². The Labute approximate surface area is 176 Å². The average Bonchev–Trinajstić information content (AvgIpc) is 2.61. The van der Waals surface area contributed by atoms with Crippen LogP contribution in [0.5, 0.6) is 0 Å². The molecule has 1 heterocycles. The average molecular weight is 522 g/mol. The topological polar surface area (TPSA) is 117 Å². The second-order valence-corrected chi connectivity index (χ2v) is 7.43. The van der Waals surface area contributed by atoms with Crippen LogP contribution < -0.4 is 16.4 Å². The lowest BCUT2D eigenvalue weighted by atomic mass is 10.2. The highest BCUT2D eigenvalue weighted by Crippen LogP contribution is 2.33. The Hall–Kier alpha value is -2.27. The van der Waals surface area contributed by atoms with E-state index in [4.69, 9.17) is 5.73 Å². The summed E-state index contributed by atoms with van der Waals surface area (Å²) < 4.78 is 39.1. The Kier molecular flexibility index (Phi) is 6.94. The van der Waals surface area contributed by atoms with Crippen LogP contribution in [0.3, 0.4) is 0 Å². The number of carbonyl (C=O) groups excluding carboxylic acids is 1. The number of halogens is 4. The third-order valence-electron chi connectivity index (χ3n) is 3.50. The Balaban J connectivity index is 2.24. The number of hydrogen-bond donors (Lipinski definition) is 3. The lowest BCUT2D eigenvalue weighted by Gasteiger charge is -2.17. The molecule has 0 radical (unpaired) electrons. The number of nitrogens with one attached hydrogen (secondary N) is 2. The molecule has 0 aliphatic rings. The van der Waals surface area contributed by atoms with E-state index >= 15 is 0 Å². The predicted molar refractivity (Wildman–Crippen MR) is 109 cm³/mol. The zero-order chi connectivity index (χ0) is 21.1. The van der Waals surface area contributed by atoms with Crippen LogP contribution in [-0.2, 0) is 11.0 Å². The van der Waals surface area contributed by atoms with Gasteiger partial charge >= 0.3 is 6.18 Å². The smallest absolute Gasteiger partial charge is 0.368 e. The number of amides is 1. The standard InChI is InChI=1S/C16H14F3IN6OS/c1-7(23-12-9(6-21)14(28-2)26-15(22)25-12)13(27)24-11-5-8(16(17,18)19)3-4-10(11)20/h3-5,7H,1-2H3,(H,24,27)(H3,22,23,25,26)/t7-/m0/s1. The molecule has 148 valence electrons. The molecule has 12 heteroatoms. The van der Waals surface area contributed by atoms with Gasteiger partial charge in [0, 0.05) is 3.57 Å². The SMILES string of the molecule is CSc1nc(N)nc(N[C@@H](C)C(=O)Nc2cc(C(F)(F)F)ccc2I)c1C#N. The first kappa shape index (κ1) is 22.0. The molecule has 1 aromatic carbocycles. The molecule has 0 unspecified atom stereocenters. The van der Waals surface area contributed by atoms with Gasteiger partial charge in [-0.15, -0.1) is 11.8 Å². The lowest BCUT2D eigenvalue weighted by Crippen LogP contribution is -2.33. The molecular weight excluding hydrogens is 508 g/mol. The number of anilines is 3. The molecule has 0 fully saturated rings. The van der Waals surface area contributed by atoms with Crippen LogP contribution in [0.4, 0.5) is 30.6 Å². The van der Waals surface area contributed by atoms with Gasteiger partial charge in [-0.25, -0.2) is 4.98 Å². The largest absolute Gasteiger partial charge is 0.416 e. The molecule has 2 aromatic rings. The van der Waals surface area contributed by atoms with Gasteiger partial charge in [-0.1, -0.05) is 0 Å². The number of thioether (sulfide) groups is 1. The summed E-state index contributed by atoms with van der Waals surface area (Å²) in [5, 5.41) is 14.9. The highest BCUT2D eigenvalue weighted by Gasteiger charge is 2.31. The number of nitrogens with two attached hydrogens (primary N) is 1. The molecule has 7 nitrogen and oxygen atoms in total. The minimum absolute atomic E-state index is 0.0292. The zero-order valence-corrected chi connectivity index (χ0v) is 17.5. The first-order valence-corrected chi connectivity index (χ1v) is 9.93. The van der Waals surface area contributed by atoms with Gasteiger partial charge in [0.2, 0.25) is 11.9 Å². The van der Waals surface area contributed by atoms with Gasteiger partial charge in [-0.05, 0) is 54.0 Å². The van der Waals surface area contributed by atoms with Crippen LogP contribution in [0, 0.1) is 14.9 Å². The summed E-state index contributed by atoms with van der Waals surface area (Å²) in [7, 11) is 0. The molecule has 1 amide bonds. The monoisotopic (exact) mass is 522 g/mol. The van der Waals surface area contributed by atoms with Crippen LogP contribution >= 0.6 is 34.4 Å². The van der Waals surface area contributed by atoms with Crippen molar-refractivity contribution in [2.24, 2.45) is 0 Å². The Morgan fingerprint density at radius 1 is 1.39 bits per heavy atom. The van der Waals surface area contributed by atoms with E-state index in [0.29, 0.717) is 8.60 Å². The summed E-state index contributed by atoms with van der Waals surface area (Å²) in [4.78, 5) is 20.3. The summed E-state index contributed by atoms with van der Waals surface area (Å²) in [6.07, 6.45) is -2.82. The van der Waals surface area contributed by atoms with E-state index in [2.05, 4.69) is 20.6 Å². The van der Waals surface area contributed by atoms with Crippen LogP contribution in [-0.4, -0.2) is 28.2 Å². The highest BCUT2D eigenvalue weighted by molar-refractivity contribution is 14.1. The van der Waals surface area contributed by atoms with E-state index in [1.165, 1.54) is 24.8 Å². The molecule has 0 aliphatic heterocycles. The van der Waals surface area contributed by atoms with Gasteiger partial charge in [0.1, 0.15) is 22.7 Å². The molecule has 1 atom stereocenters. The molecular formula is C16H14F3IN6OS. The normalized spacial score (nSPS) is 12.2. The van der Waals surface area contributed by atoms with E-state index < -0.39 is 23.7 Å². The maximum atomic E-state index is 12.9. The number of nitriles is 1. The Bertz CT molecular complexity index is 947. The molecule has 0 bridgehead atoms. The second kappa shape index (κ2) is 8.82. The van der Waals surface area contributed by atoms with Gasteiger partial charge in [-0.2, -0.15) is 23.4 Å². The fraction of sp³-hybridized carbons (Fsp3) is 0.250. The molecule has 2 rings (SSSR count). The second-order valence-electron chi connectivity index (χ2n) is 5.47. The van der Waals surface area contributed by atoms with E-state index in [1.54, 1.807) is 6.26 Å². The van der Waals surface area contributed by atoms with Crippen molar-refractivity contribution in [2.45, 2.75) is 24.2 Å². The first-order chi connectivity index (χ1) is 13.1. The van der Waals surface area contributed by atoms with Crippen molar-refractivity contribution in [1.29, 1.82) is 5.26 Å². The van der Waals surface area contributed by atoms with Gasteiger partial charge in [0.25, 0.3) is 0 Å². The highest BCUT2D eigenvalue weighted by atomic mass is 127. The number of benzene rings is 1. The Morgan fingerprint density at radius 3 is 2.64 bits per heavy atom. The minimum atomic E-state index is -4.53. The number of nitrogens with zero attached hydrogens (tertiary/aromatic N) is 3. The third kappa shape index (κ3) is 5.16. The number of rotatable bonds is 5. The van der Waals surface area contributed by atoms with Crippen molar-refractivity contribution in [3.05, 3.63) is 32.9 Å². The van der Waals surface area contributed by atoms with Crippen molar-refractivity contribution in [1.82, 2.24) is 9.97 Å². The number of carbonyl (C=O) groups is 1. The summed E-state index contributed by atoms with van der Waals surface area (Å²) in [6, 6.07) is 4.10. The minimum Gasteiger partial charge on any atom is -0.368 e. The molecule has 0 saturated heterocycles. The molecule has 1 aromatic heterocycles. The summed E-state index contributed by atoms with van der Waals surface area (Å²) >= 11 is 3.02. The molecule has 0 spiro atoms. The quantitative estimate of drug-likeness (QED) is 0.312. The van der Waals surface area contributed by atoms with Crippen molar-refractivity contribution in [3.63, 3.8) is 0 Å². The molecule has 4 N–H and O–H groups in total. The van der Waals surface area contributed by atoms with E-state index in [1.807, 2.05) is 28.7 Å². The molecule has 0 aliphatic carbocycles. The maximum Gasteiger partial charge on any atom is 0.416 e.